The number of amides is 1. The highest BCUT2D eigenvalue weighted by Gasteiger charge is 2.72. The first-order chi connectivity index (χ1) is 18.2. The number of ether oxygens (including phenoxy) is 5. The van der Waals surface area contributed by atoms with Gasteiger partial charge >= 0.3 is 18.0 Å². The molecule has 0 radical (unpaired) electrons. The molecule has 5 rings (SSSR count). The number of piperidine rings is 1. The molecule has 1 aromatic carbocycles. The van der Waals surface area contributed by atoms with E-state index in [1.807, 2.05) is 19.2 Å². The molecule has 38 heavy (non-hydrogen) atoms. The van der Waals surface area contributed by atoms with E-state index in [2.05, 4.69) is 4.90 Å². The number of hydrogen-bond acceptors (Lipinski definition) is 10. The molecule has 1 aromatic rings. The van der Waals surface area contributed by atoms with Gasteiger partial charge in [-0.25, -0.2) is 9.59 Å². The highest BCUT2D eigenvalue weighted by Crippen LogP contribution is 2.65. The van der Waals surface area contributed by atoms with Crippen molar-refractivity contribution in [2.24, 2.45) is 0 Å². The molecule has 0 aromatic heterocycles. The number of carbonyl (C=O) groups excluding carboxylic acids is 2. The summed E-state index contributed by atoms with van der Waals surface area (Å²) in [5.74, 6) is -0.873. The van der Waals surface area contributed by atoms with Crippen molar-refractivity contribution < 1.29 is 48.3 Å². The van der Waals surface area contributed by atoms with Crippen LogP contribution in [0.4, 0.5) is 4.79 Å². The Hall–Kier alpha value is -3.35. The van der Waals surface area contributed by atoms with Crippen molar-refractivity contribution in [2.75, 3.05) is 54.1 Å². The Kier molecular flexibility index (Phi) is 6.74. The summed E-state index contributed by atoms with van der Waals surface area (Å²) in [7, 11) is 4.98. The summed E-state index contributed by atoms with van der Waals surface area (Å²) >= 11 is 0. The molecule has 1 spiro atoms. The highest BCUT2D eigenvalue weighted by atomic mass is 16.6. The van der Waals surface area contributed by atoms with Crippen molar-refractivity contribution >= 4 is 18.0 Å². The first kappa shape index (κ1) is 26.3. The number of carboxylic acid groups (broad SMARTS) is 1. The third-order valence-corrected chi connectivity index (χ3v) is 8.21. The van der Waals surface area contributed by atoms with Crippen LogP contribution in [0.1, 0.15) is 24.0 Å². The molecule has 206 valence electrons. The minimum absolute atomic E-state index is 0.0965. The summed E-state index contributed by atoms with van der Waals surface area (Å²) in [6.45, 7) is -0.656. The van der Waals surface area contributed by atoms with Crippen LogP contribution in [0.2, 0.25) is 0 Å². The molecule has 1 fully saturated rings. The van der Waals surface area contributed by atoms with Gasteiger partial charge < -0.3 is 38.8 Å². The number of aliphatic carboxylic acids is 1. The van der Waals surface area contributed by atoms with Gasteiger partial charge in [0.05, 0.1) is 24.7 Å². The van der Waals surface area contributed by atoms with Gasteiger partial charge in [-0.1, -0.05) is 6.07 Å². The van der Waals surface area contributed by atoms with E-state index >= 15 is 0 Å². The van der Waals surface area contributed by atoms with Crippen molar-refractivity contribution in [1.29, 1.82) is 0 Å². The van der Waals surface area contributed by atoms with Crippen LogP contribution < -0.4 is 9.47 Å². The number of aliphatic hydroxyl groups is 1. The lowest BCUT2D eigenvalue weighted by Gasteiger charge is -2.61. The predicted octanol–water partition coefficient (Wildman–Crippen LogP) is 0.686. The van der Waals surface area contributed by atoms with Gasteiger partial charge in [-0.15, -0.1) is 0 Å². The number of hydrogen-bond donors (Lipinski definition) is 2. The van der Waals surface area contributed by atoms with Crippen molar-refractivity contribution in [1.82, 2.24) is 9.80 Å². The first-order valence-corrected chi connectivity index (χ1v) is 12.5. The third kappa shape index (κ3) is 3.89. The molecule has 4 aliphatic rings. The number of esters is 1. The minimum atomic E-state index is -1.31. The summed E-state index contributed by atoms with van der Waals surface area (Å²) in [6.07, 6.45) is 1.34. The number of likely N-dealkylation sites (N-methyl/N-ethyl adjacent to an activating group) is 1. The SMILES string of the molecule is COCCOC(=O)N(CC(=O)O)CC(=O)OC1=CC[C@@]2(O)[C@H]3Cc4ccc(OC)c5c4[C@@]2(CCN3C)[C@H]1O5. The van der Waals surface area contributed by atoms with Crippen LogP contribution in [0.3, 0.4) is 0 Å². The van der Waals surface area contributed by atoms with Gasteiger partial charge in [0.1, 0.15) is 25.5 Å². The van der Waals surface area contributed by atoms with Crippen molar-refractivity contribution in [3.05, 3.63) is 35.1 Å². The van der Waals surface area contributed by atoms with Crippen LogP contribution >= 0.6 is 0 Å². The average molecular weight is 533 g/mol. The van der Waals surface area contributed by atoms with Gasteiger partial charge in [-0.3, -0.25) is 9.69 Å². The second kappa shape index (κ2) is 9.75. The predicted molar refractivity (Wildman–Crippen MR) is 130 cm³/mol. The van der Waals surface area contributed by atoms with Crippen molar-refractivity contribution in [3.63, 3.8) is 0 Å². The lowest BCUT2D eigenvalue weighted by molar-refractivity contribution is -0.169. The fourth-order valence-corrected chi connectivity index (χ4v) is 6.56. The van der Waals surface area contributed by atoms with Gasteiger partial charge in [-0.05, 0) is 44.1 Å². The molecular weight excluding hydrogens is 500 g/mol. The van der Waals surface area contributed by atoms with Crippen LogP contribution in [-0.2, 0) is 35.6 Å². The molecule has 2 bridgehead atoms. The minimum Gasteiger partial charge on any atom is -0.493 e. The molecular formula is C26H32N2O10. The van der Waals surface area contributed by atoms with E-state index < -0.39 is 48.2 Å². The largest absolute Gasteiger partial charge is 0.493 e. The molecule has 12 heteroatoms. The van der Waals surface area contributed by atoms with E-state index in [1.54, 1.807) is 13.2 Å². The highest BCUT2D eigenvalue weighted by molar-refractivity contribution is 5.82. The lowest BCUT2D eigenvalue weighted by Crippen LogP contribution is -2.74. The summed E-state index contributed by atoms with van der Waals surface area (Å²) in [5, 5.41) is 21.4. The quantitative estimate of drug-likeness (QED) is 0.342. The van der Waals surface area contributed by atoms with Gasteiger partial charge in [0.15, 0.2) is 17.6 Å². The number of carboxylic acids is 1. The van der Waals surface area contributed by atoms with Crippen LogP contribution in [0, 0.1) is 0 Å². The molecule has 2 N–H and O–H groups in total. The van der Waals surface area contributed by atoms with E-state index in [9.17, 15) is 24.6 Å². The molecule has 0 saturated carbocycles. The third-order valence-electron chi connectivity index (χ3n) is 8.21. The van der Waals surface area contributed by atoms with Gasteiger partial charge in [0, 0.05) is 25.1 Å². The smallest absolute Gasteiger partial charge is 0.410 e. The summed E-state index contributed by atoms with van der Waals surface area (Å²) in [4.78, 5) is 39.6. The zero-order chi connectivity index (χ0) is 27.2. The molecule has 12 nitrogen and oxygen atoms in total. The number of likely N-dealkylation sites (tertiary alicyclic amines) is 1. The number of nitrogens with zero attached hydrogens (tertiary/aromatic N) is 2. The average Bonchev–Trinajstić information content (AvgIpc) is 3.23. The normalized spacial score (nSPS) is 28.5. The van der Waals surface area contributed by atoms with Crippen molar-refractivity contribution in [2.45, 2.75) is 42.4 Å². The van der Waals surface area contributed by atoms with Crippen LogP contribution in [0.25, 0.3) is 0 Å². The fraction of sp³-hybridized carbons (Fsp3) is 0.577. The Bertz CT molecular complexity index is 1180. The fourth-order valence-electron chi connectivity index (χ4n) is 6.56. The molecule has 1 saturated heterocycles. The van der Waals surface area contributed by atoms with Crippen LogP contribution in [0.15, 0.2) is 24.0 Å². The molecule has 2 aliphatic carbocycles. The lowest BCUT2D eigenvalue weighted by atomic mass is 9.50. The van der Waals surface area contributed by atoms with Gasteiger partial charge in [-0.2, -0.15) is 0 Å². The maximum atomic E-state index is 13.0. The zero-order valence-corrected chi connectivity index (χ0v) is 21.6. The van der Waals surface area contributed by atoms with Gasteiger partial charge in [0.25, 0.3) is 0 Å². The number of methoxy groups -OCH3 is 2. The van der Waals surface area contributed by atoms with E-state index in [0.29, 0.717) is 30.9 Å². The van der Waals surface area contributed by atoms with Gasteiger partial charge in [0.2, 0.25) is 0 Å². The Balaban J connectivity index is 1.43. The van der Waals surface area contributed by atoms with E-state index in [1.165, 1.54) is 7.11 Å². The number of benzene rings is 1. The molecule has 1 amide bonds. The Labute approximate surface area is 219 Å². The van der Waals surface area contributed by atoms with Crippen molar-refractivity contribution in [3.8, 4) is 11.5 Å². The van der Waals surface area contributed by atoms with Crippen LogP contribution in [-0.4, -0.2) is 110 Å². The Morgan fingerprint density at radius 3 is 2.71 bits per heavy atom. The monoisotopic (exact) mass is 532 g/mol. The standard InChI is InChI=1S/C26H32N2O10/c1-27-9-8-25-21-15-4-5-16(35-3)22(21)38-23(25)17(6-7-26(25,33)18(27)12-15)37-20(31)14-28(13-19(29)30)24(32)36-11-10-34-2/h4-6,18,23,33H,7-14H2,1-3H3,(H,29,30)/t18-,23+,25+,26-/m1/s1. The molecule has 2 aliphatic heterocycles. The summed E-state index contributed by atoms with van der Waals surface area (Å²) in [6, 6.07) is 3.69. The van der Waals surface area contributed by atoms with E-state index in [4.69, 9.17) is 23.7 Å². The van der Waals surface area contributed by atoms with E-state index in [-0.39, 0.29) is 31.4 Å². The number of carbonyl (C=O) groups is 3. The topological polar surface area (TPSA) is 144 Å². The first-order valence-electron chi connectivity index (χ1n) is 12.5. The molecule has 0 unspecified atom stereocenters. The second-order valence-electron chi connectivity index (χ2n) is 10.1. The summed E-state index contributed by atoms with van der Waals surface area (Å²) < 4.78 is 27.6. The Morgan fingerprint density at radius 2 is 2.00 bits per heavy atom. The Morgan fingerprint density at radius 1 is 1.21 bits per heavy atom. The zero-order valence-electron chi connectivity index (χ0n) is 21.6. The maximum Gasteiger partial charge on any atom is 0.410 e. The second-order valence-corrected chi connectivity index (χ2v) is 10.1. The molecule has 4 atom stereocenters. The number of rotatable bonds is 9. The molecule has 2 heterocycles. The van der Waals surface area contributed by atoms with Crippen LogP contribution in [0.5, 0.6) is 11.5 Å². The maximum absolute atomic E-state index is 13.0. The van der Waals surface area contributed by atoms with E-state index in [0.717, 1.165) is 16.0 Å². The summed E-state index contributed by atoms with van der Waals surface area (Å²) in [5.41, 5.74) is -0.0644.